The van der Waals surface area contributed by atoms with Gasteiger partial charge in [-0.15, -0.1) is 0 Å². The van der Waals surface area contributed by atoms with E-state index in [2.05, 4.69) is 33.4 Å². The van der Waals surface area contributed by atoms with Gasteiger partial charge in [0.25, 0.3) is 0 Å². The third-order valence-electron chi connectivity index (χ3n) is 2.65. The molecule has 2 nitrogen and oxygen atoms in total. The van der Waals surface area contributed by atoms with Crippen LogP contribution in [0.1, 0.15) is 59.3 Å². The third-order valence-corrected chi connectivity index (χ3v) is 2.65. The summed E-state index contributed by atoms with van der Waals surface area (Å²) >= 11 is 3.70. The molecule has 0 aliphatic heterocycles. The highest BCUT2D eigenvalue weighted by molar-refractivity contribution is 7.64. The molecule has 0 heterocycles. The van der Waals surface area contributed by atoms with E-state index < -0.39 is 0 Å². The minimum atomic E-state index is 1.33. The molecule has 0 spiro atoms. The van der Waals surface area contributed by atoms with E-state index in [0.29, 0.717) is 0 Å². The highest BCUT2D eigenvalue weighted by Crippen LogP contribution is 1.85. The number of nitriles is 1. The molecule has 96 valence electrons. The molecule has 0 fully saturated rings. The van der Waals surface area contributed by atoms with Gasteiger partial charge in [0.05, 0.1) is 19.6 Å². The van der Waals surface area contributed by atoms with E-state index >= 15 is 0 Å². The fourth-order valence-electron chi connectivity index (χ4n) is 1.66. The lowest BCUT2D eigenvalue weighted by molar-refractivity contribution is -0.900. The van der Waals surface area contributed by atoms with Gasteiger partial charge in [0.1, 0.15) is 0 Å². The molecule has 0 rings (SSSR count). The molecule has 0 aliphatic rings. The zero-order chi connectivity index (χ0) is 12.6. The molecule has 0 atom stereocenters. The highest BCUT2D eigenvalue weighted by atomic mass is 32.1. The monoisotopic (exact) mass is 244 g/mol. The minimum Gasteiger partial charge on any atom is -0.696 e. The van der Waals surface area contributed by atoms with Crippen LogP contribution in [0.5, 0.6) is 0 Å². The van der Waals surface area contributed by atoms with Crippen LogP contribution in [-0.4, -0.2) is 19.6 Å². The quantitative estimate of drug-likeness (QED) is 0.498. The van der Waals surface area contributed by atoms with Crippen molar-refractivity contribution in [3.8, 4) is 5.40 Å². The first kappa shape index (κ1) is 18.0. The van der Waals surface area contributed by atoms with Crippen LogP contribution in [0.15, 0.2) is 0 Å². The van der Waals surface area contributed by atoms with Gasteiger partial charge in [-0.3, -0.25) is 0 Å². The smallest absolute Gasteiger partial charge is 0.0770 e. The number of quaternary nitrogens is 1. The Hall–Kier alpha value is -0.330. The summed E-state index contributed by atoms with van der Waals surface area (Å²) in [5.74, 6) is 0. The van der Waals surface area contributed by atoms with Crippen molar-refractivity contribution in [2.24, 2.45) is 0 Å². The van der Waals surface area contributed by atoms with Crippen molar-refractivity contribution in [1.29, 1.82) is 5.26 Å². The van der Waals surface area contributed by atoms with Crippen molar-refractivity contribution in [2.45, 2.75) is 59.3 Å². The zero-order valence-electron chi connectivity index (χ0n) is 11.2. The topological polar surface area (TPSA) is 28.2 Å². The Bertz CT molecular complexity index is 135. The van der Waals surface area contributed by atoms with Crippen LogP contribution < -0.4 is 4.90 Å². The van der Waals surface area contributed by atoms with Crippen LogP contribution in [-0.2, 0) is 12.6 Å². The average molecular weight is 244 g/mol. The van der Waals surface area contributed by atoms with Gasteiger partial charge in [0, 0.05) is 0 Å². The summed E-state index contributed by atoms with van der Waals surface area (Å²) in [5.41, 5.74) is 0. The standard InChI is InChI=1S/C12H27N.CHNS/c1-4-7-10-13(11-8-5-2)12-9-6-3;2-1-3/h4-12H2,1-3H3;3H. The highest BCUT2D eigenvalue weighted by Gasteiger charge is 2.05. The SMILES string of the molecule is CCCC[NH+](CCCC)CCCC.N#C[S-]. The summed E-state index contributed by atoms with van der Waals surface area (Å²) in [6.07, 6.45) is 8.26. The summed E-state index contributed by atoms with van der Waals surface area (Å²) in [6, 6.07) is 0. The first-order chi connectivity index (χ1) is 7.76. The first-order valence-corrected chi connectivity index (χ1v) is 7.02. The maximum atomic E-state index is 7.13. The average Bonchev–Trinajstić information content (AvgIpc) is 2.29. The van der Waals surface area contributed by atoms with Crippen molar-refractivity contribution in [3.05, 3.63) is 0 Å². The molecule has 3 heteroatoms. The van der Waals surface area contributed by atoms with Crippen LogP contribution in [0, 0.1) is 10.7 Å². The van der Waals surface area contributed by atoms with Crippen LogP contribution in [0.4, 0.5) is 0 Å². The maximum absolute atomic E-state index is 7.13. The number of rotatable bonds is 9. The predicted molar refractivity (Wildman–Crippen MR) is 73.3 cm³/mol. The van der Waals surface area contributed by atoms with Gasteiger partial charge in [0.15, 0.2) is 0 Å². The van der Waals surface area contributed by atoms with Crippen LogP contribution in [0.2, 0.25) is 0 Å². The van der Waals surface area contributed by atoms with E-state index in [1.54, 1.807) is 0 Å². The Labute approximate surface area is 107 Å². The van der Waals surface area contributed by atoms with E-state index in [4.69, 9.17) is 5.26 Å². The van der Waals surface area contributed by atoms with Crippen molar-refractivity contribution in [1.82, 2.24) is 0 Å². The summed E-state index contributed by atoms with van der Waals surface area (Å²) in [6.45, 7) is 11.1. The second-order valence-electron chi connectivity index (χ2n) is 4.15. The molecular weight excluding hydrogens is 216 g/mol. The van der Waals surface area contributed by atoms with Gasteiger partial charge in [0.2, 0.25) is 0 Å². The van der Waals surface area contributed by atoms with Crippen molar-refractivity contribution in [2.75, 3.05) is 19.6 Å². The molecule has 0 aliphatic carbocycles. The number of nitrogens with zero attached hydrogens (tertiary/aromatic N) is 1. The fourth-order valence-corrected chi connectivity index (χ4v) is 1.66. The first-order valence-electron chi connectivity index (χ1n) is 6.61. The van der Waals surface area contributed by atoms with Crippen molar-refractivity contribution in [3.63, 3.8) is 0 Å². The van der Waals surface area contributed by atoms with Gasteiger partial charge >= 0.3 is 0 Å². The summed E-state index contributed by atoms with van der Waals surface area (Å²) in [5, 5.41) is 8.47. The molecule has 0 aromatic heterocycles. The second-order valence-corrected chi connectivity index (χ2v) is 4.33. The number of hydrogen-bond donors (Lipinski definition) is 1. The Morgan fingerprint density at radius 2 is 1.12 bits per heavy atom. The molecular formula is C13H28N2S. The lowest BCUT2D eigenvalue weighted by atomic mass is 10.2. The Kier molecular flexibility index (Phi) is 19.3. The number of unbranched alkanes of at least 4 members (excludes halogenated alkanes) is 3. The van der Waals surface area contributed by atoms with E-state index in [-0.39, 0.29) is 0 Å². The molecule has 1 N–H and O–H groups in total. The third kappa shape index (κ3) is 16.1. The minimum absolute atomic E-state index is 1.33. The van der Waals surface area contributed by atoms with Crippen LogP contribution in [0.3, 0.4) is 0 Å². The van der Waals surface area contributed by atoms with Crippen molar-refractivity contribution < 1.29 is 4.90 Å². The summed E-state index contributed by atoms with van der Waals surface area (Å²) in [4.78, 5) is 1.84. The van der Waals surface area contributed by atoms with Crippen LogP contribution in [0.25, 0.3) is 0 Å². The maximum Gasteiger partial charge on any atom is 0.0770 e. The normalized spacial score (nSPS) is 9.44. The molecule has 0 aromatic carbocycles. The Morgan fingerprint density at radius 3 is 1.31 bits per heavy atom. The fraction of sp³-hybridized carbons (Fsp3) is 0.923. The summed E-state index contributed by atoms with van der Waals surface area (Å²) < 4.78 is 0. The molecule has 0 unspecified atom stereocenters. The van der Waals surface area contributed by atoms with E-state index in [9.17, 15) is 0 Å². The largest absolute Gasteiger partial charge is 0.696 e. The lowest BCUT2D eigenvalue weighted by Crippen LogP contribution is -3.12. The van der Waals surface area contributed by atoms with Gasteiger partial charge in [-0.25, -0.2) is 5.26 Å². The summed E-state index contributed by atoms with van der Waals surface area (Å²) in [7, 11) is 0. The van der Waals surface area contributed by atoms with Crippen LogP contribution >= 0.6 is 0 Å². The molecule has 0 aromatic rings. The number of nitrogens with one attached hydrogen (secondary N) is 1. The molecule has 16 heavy (non-hydrogen) atoms. The zero-order valence-corrected chi connectivity index (χ0v) is 12.0. The van der Waals surface area contributed by atoms with E-state index in [0.717, 1.165) is 0 Å². The Balaban J connectivity index is 0. The predicted octanol–water partition coefficient (Wildman–Crippen LogP) is 2.29. The Morgan fingerprint density at radius 1 is 0.875 bits per heavy atom. The molecule has 0 saturated heterocycles. The van der Waals surface area contributed by atoms with E-state index in [1.165, 1.54) is 63.6 Å². The number of thiocyanates is 1. The van der Waals surface area contributed by atoms with Gasteiger partial charge in [-0.05, 0) is 19.3 Å². The van der Waals surface area contributed by atoms with E-state index in [1.807, 2.05) is 4.90 Å². The molecule has 0 saturated carbocycles. The lowest BCUT2D eigenvalue weighted by Gasteiger charge is -2.18. The molecule has 0 bridgehead atoms. The van der Waals surface area contributed by atoms with Crippen molar-refractivity contribution >= 4 is 12.6 Å². The van der Waals surface area contributed by atoms with Gasteiger partial charge in [-0.1, -0.05) is 45.4 Å². The second kappa shape index (κ2) is 17.1. The van der Waals surface area contributed by atoms with Gasteiger partial charge < -0.3 is 17.5 Å². The van der Waals surface area contributed by atoms with Gasteiger partial charge in [-0.2, -0.15) is 0 Å². The molecule has 0 amide bonds. The molecule has 0 radical (unpaired) electrons. The number of hydrogen-bond acceptors (Lipinski definition) is 2.